The lowest BCUT2D eigenvalue weighted by Gasteiger charge is -2.25. The van der Waals surface area contributed by atoms with E-state index >= 15 is 0 Å². The molecule has 1 unspecified atom stereocenters. The number of ether oxygens (including phenoxy) is 1. The van der Waals surface area contributed by atoms with Crippen molar-refractivity contribution in [2.45, 2.75) is 109 Å². The molecular formula is C21H41NO3S2. The lowest BCUT2D eigenvalue weighted by Crippen LogP contribution is -2.47. The highest BCUT2D eigenvalue weighted by Gasteiger charge is 2.39. The van der Waals surface area contributed by atoms with Crippen LogP contribution in [0.5, 0.6) is 0 Å². The van der Waals surface area contributed by atoms with Gasteiger partial charge in [-0.3, -0.25) is 0 Å². The molecule has 0 bridgehead atoms. The van der Waals surface area contributed by atoms with Crippen LogP contribution >= 0.6 is 12.2 Å². The molecule has 1 heterocycles. The van der Waals surface area contributed by atoms with Gasteiger partial charge in [0.15, 0.2) is 9.84 Å². The fourth-order valence-electron chi connectivity index (χ4n) is 3.68. The molecule has 0 aromatic rings. The van der Waals surface area contributed by atoms with Crippen LogP contribution < -0.4 is 5.32 Å². The van der Waals surface area contributed by atoms with Gasteiger partial charge in [0.2, 0.25) is 0 Å². The highest BCUT2D eigenvalue weighted by atomic mass is 32.2. The maximum atomic E-state index is 11.6. The van der Waals surface area contributed by atoms with Crippen LogP contribution in [0.4, 0.5) is 0 Å². The molecule has 1 aliphatic rings. The average Bonchev–Trinajstić information content (AvgIpc) is 2.88. The molecule has 0 aromatic carbocycles. The van der Waals surface area contributed by atoms with Crippen molar-refractivity contribution in [3.63, 3.8) is 0 Å². The standard InChI is InChI=1S/C21H41NO3S2/c1-3-4-5-6-7-8-9-10-11-12-13-14-15-17-25-20(26)22-21(2)16-18-27(23,24)19-21/h3-19H2,1-2H3,(H,22,26). The molecule has 4 nitrogen and oxygen atoms in total. The third-order valence-corrected chi connectivity index (χ3v) is 7.51. The molecule has 160 valence electrons. The first-order chi connectivity index (χ1) is 12.9. The second-order valence-electron chi connectivity index (χ2n) is 8.41. The van der Waals surface area contributed by atoms with E-state index in [1.54, 1.807) is 0 Å². The lowest BCUT2D eigenvalue weighted by molar-refractivity contribution is 0.272. The Kier molecular flexibility index (Phi) is 12.6. The predicted octanol–water partition coefficient (Wildman–Crippen LogP) is 5.55. The third-order valence-electron chi connectivity index (χ3n) is 5.39. The predicted molar refractivity (Wildman–Crippen MR) is 119 cm³/mol. The number of hydrogen-bond donors (Lipinski definition) is 1. The van der Waals surface area contributed by atoms with E-state index in [9.17, 15) is 8.42 Å². The zero-order chi connectivity index (χ0) is 20.0. The van der Waals surface area contributed by atoms with Gasteiger partial charge in [-0.2, -0.15) is 0 Å². The van der Waals surface area contributed by atoms with Crippen LogP contribution in [0, 0.1) is 0 Å². The molecule has 0 aromatic heterocycles. The molecule has 0 radical (unpaired) electrons. The minimum absolute atomic E-state index is 0.141. The van der Waals surface area contributed by atoms with Crippen molar-refractivity contribution in [3.8, 4) is 0 Å². The number of nitrogens with one attached hydrogen (secondary N) is 1. The summed E-state index contributed by atoms with van der Waals surface area (Å²) in [5.41, 5.74) is -0.466. The fourth-order valence-corrected chi connectivity index (χ4v) is 6.10. The first-order valence-electron chi connectivity index (χ1n) is 11.0. The Balaban J connectivity index is 1.87. The van der Waals surface area contributed by atoms with E-state index in [4.69, 9.17) is 17.0 Å². The summed E-state index contributed by atoms with van der Waals surface area (Å²) >= 11 is 5.20. The van der Waals surface area contributed by atoms with Gasteiger partial charge in [-0.1, -0.05) is 84.0 Å². The molecule has 0 spiro atoms. The normalized spacial score (nSPS) is 21.3. The van der Waals surface area contributed by atoms with Crippen molar-refractivity contribution in [1.29, 1.82) is 0 Å². The molecule has 1 aliphatic heterocycles. The van der Waals surface area contributed by atoms with Gasteiger partial charge in [0.05, 0.1) is 23.7 Å². The van der Waals surface area contributed by atoms with Gasteiger partial charge in [0, 0.05) is 0 Å². The number of rotatable bonds is 15. The number of sulfone groups is 1. The summed E-state index contributed by atoms with van der Waals surface area (Å²) < 4.78 is 28.8. The monoisotopic (exact) mass is 419 g/mol. The Morgan fingerprint density at radius 2 is 1.41 bits per heavy atom. The molecule has 1 saturated heterocycles. The summed E-state index contributed by atoms with van der Waals surface area (Å²) in [6.45, 7) is 4.79. The Labute approximate surface area is 173 Å². The molecule has 1 atom stereocenters. The smallest absolute Gasteiger partial charge is 0.257 e. The van der Waals surface area contributed by atoms with Crippen molar-refractivity contribution < 1.29 is 13.2 Å². The molecule has 27 heavy (non-hydrogen) atoms. The summed E-state index contributed by atoms with van der Waals surface area (Å²) in [4.78, 5) is 0. The first-order valence-corrected chi connectivity index (χ1v) is 13.3. The molecule has 1 N–H and O–H groups in total. The molecular weight excluding hydrogens is 378 g/mol. The van der Waals surface area contributed by atoms with Crippen molar-refractivity contribution in [1.82, 2.24) is 5.32 Å². The maximum Gasteiger partial charge on any atom is 0.257 e. The van der Waals surface area contributed by atoms with E-state index in [2.05, 4.69) is 12.2 Å². The number of unbranched alkanes of at least 4 members (excludes halogenated alkanes) is 12. The highest BCUT2D eigenvalue weighted by Crippen LogP contribution is 2.23. The van der Waals surface area contributed by atoms with Gasteiger partial charge in [-0.25, -0.2) is 8.42 Å². The quantitative estimate of drug-likeness (QED) is 0.279. The van der Waals surface area contributed by atoms with Gasteiger partial charge in [0.25, 0.3) is 5.17 Å². The number of thiocarbonyl (C=S) groups is 1. The maximum absolute atomic E-state index is 11.6. The summed E-state index contributed by atoms with van der Waals surface area (Å²) in [7, 11) is -2.93. The van der Waals surface area contributed by atoms with Crippen LogP contribution in [0.3, 0.4) is 0 Å². The fraction of sp³-hybridized carbons (Fsp3) is 0.952. The Bertz CT molecular complexity index is 508. The second-order valence-corrected chi connectivity index (χ2v) is 11.0. The van der Waals surface area contributed by atoms with E-state index in [1.165, 1.54) is 77.0 Å². The van der Waals surface area contributed by atoms with Gasteiger partial charge in [-0.15, -0.1) is 0 Å². The number of hydrogen-bond acceptors (Lipinski definition) is 4. The summed E-state index contributed by atoms with van der Waals surface area (Å²) in [6.07, 6.45) is 17.8. The van der Waals surface area contributed by atoms with Gasteiger partial charge >= 0.3 is 0 Å². The Hall–Kier alpha value is -0.360. The Morgan fingerprint density at radius 1 is 0.926 bits per heavy atom. The Morgan fingerprint density at radius 3 is 1.85 bits per heavy atom. The summed E-state index contributed by atoms with van der Waals surface area (Å²) in [5, 5.41) is 3.43. The van der Waals surface area contributed by atoms with Crippen molar-refractivity contribution >= 4 is 27.2 Å². The summed E-state index contributed by atoms with van der Waals surface area (Å²) in [6, 6.07) is 0. The lowest BCUT2D eigenvalue weighted by atomic mass is 10.0. The zero-order valence-electron chi connectivity index (χ0n) is 17.6. The molecule has 1 rings (SSSR count). The SMILES string of the molecule is CCCCCCCCCCCCCCCOC(=S)NC1(C)CCS(=O)(=O)C1. The van der Waals surface area contributed by atoms with Crippen LogP contribution in [0.25, 0.3) is 0 Å². The minimum Gasteiger partial charge on any atom is -0.471 e. The van der Waals surface area contributed by atoms with Crippen molar-refractivity contribution in [2.24, 2.45) is 0 Å². The van der Waals surface area contributed by atoms with Gasteiger partial charge < -0.3 is 10.1 Å². The van der Waals surface area contributed by atoms with Crippen molar-refractivity contribution in [2.75, 3.05) is 18.1 Å². The largest absolute Gasteiger partial charge is 0.471 e. The van der Waals surface area contributed by atoms with E-state index in [0.29, 0.717) is 18.2 Å². The van der Waals surface area contributed by atoms with Crippen molar-refractivity contribution in [3.05, 3.63) is 0 Å². The van der Waals surface area contributed by atoms with Crippen LogP contribution in [0.15, 0.2) is 0 Å². The zero-order valence-corrected chi connectivity index (χ0v) is 19.2. The topological polar surface area (TPSA) is 55.4 Å². The first kappa shape index (κ1) is 24.7. The van der Waals surface area contributed by atoms with Crippen LogP contribution in [-0.4, -0.2) is 37.2 Å². The van der Waals surface area contributed by atoms with E-state index in [-0.39, 0.29) is 11.5 Å². The second kappa shape index (κ2) is 13.8. The van der Waals surface area contributed by atoms with E-state index < -0.39 is 15.4 Å². The molecule has 0 saturated carbocycles. The minimum atomic E-state index is -2.93. The van der Waals surface area contributed by atoms with Crippen LogP contribution in [-0.2, 0) is 14.6 Å². The highest BCUT2D eigenvalue weighted by molar-refractivity contribution is 7.91. The average molecular weight is 420 g/mol. The summed E-state index contributed by atoms with van der Waals surface area (Å²) in [5.74, 6) is 0.375. The van der Waals surface area contributed by atoms with Crippen LogP contribution in [0.1, 0.15) is 104 Å². The van der Waals surface area contributed by atoms with Crippen LogP contribution in [0.2, 0.25) is 0 Å². The molecule has 6 heteroatoms. The molecule has 0 amide bonds. The van der Waals surface area contributed by atoms with Gasteiger partial charge in [0.1, 0.15) is 0 Å². The third kappa shape index (κ3) is 12.7. The van der Waals surface area contributed by atoms with E-state index in [0.717, 1.165) is 6.42 Å². The van der Waals surface area contributed by atoms with Gasteiger partial charge in [-0.05, 0) is 32.0 Å². The molecule has 1 fully saturated rings. The molecule has 0 aliphatic carbocycles. The van der Waals surface area contributed by atoms with E-state index in [1.807, 2.05) is 6.92 Å².